The highest BCUT2D eigenvalue weighted by molar-refractivity contribution is 5.14. The van der Waals surface area contributed by atoms with Crippen LogP contribution in [0.2, 0.25) is 0 Å². The molecule has 1 fully saturated rings. The fourth-order valence-corrected chi connectivity index (χ4v) is 2.62. The second kappa shape index (κ2) is 8.22. The molecule has 3 atom stereocenters. The van der Waals surface area contributed by atoms with Gasteiger partial charge in [-0.05, 0) is 11.1 Å². The summed E-state index contributed by atoms with van der Waals surface area (Å²) in [6.45, 7) is 0.993. The molecule has 0 bridgehead atoms. The predicted octanol–water partition coefficient (Wildman–Crippen LogP) is 3.24. The van der Waals surface area contributed by atoms with Crippen molar-refractivity contribution in [3.8, 4) is 0 Å². The second-order valence-corrected chi connectivity index (χ2v) is 5.71. The number of rotatable bonds is 6. The predicted molar refractivity (Wildman–Crippen MR) is 86.4 cm³/mol. The molecular weight excluding hydrogens is 292 g/mol. The summed E-state index contributed by atoms with van der Waals surface area (Å²) in [6, 6.07) is 19.9. The minimum atomic E-state index is -0.842. The maximum atomic E-state index is 9.86. The summed E-state index contributed by atoms with van der Waals surface area (Å²) in [5.41, 5.74) is 2.20. The monoisotopic (exact) mass is 314 g/mol. The van der Waals surface area contributed by atoms with Crippen molar-refractivity contribution in [3.05, 3.63) is 71.8 Å². The molecule has 2 aromatic carbocycles. The molecule has 23 heavy (non-hydrogen) atoms. The summed E-state index contributed by atoms with van der Waals surface area (Å²) in [5, 5.41) is 9.86. The zero-order chi connectivity index (χ0) is 15.9. The van der Waals surface area contributed by atoms with E-state index in [1.807, 2.05) is 60.7 Å². The summed E-state index contributed by atoms with van der Waals surface area (Å²) in [7, 11) is 0. The van der Waals surface area contributed by atoms with E-state index < -0.39 is 12.6 Å². The first-order chi connectivity index (χ1) is 11.3. The van der Waals surface area contributed by atoms with Gasteiger partial charge in [-0.1, -0.05) is 60.7 Å². The Kier molecular flexibility index (Phi) is 5.77. The van der Waals surface area contributed by atoms with Crippen molar-refractivity contribution in [3.63, 3.8) is 0 Å². The van der Waals surface area contributed by atoms with Gasteiger partial charge in [0.25, 0.3) is 0 Å². The van der Waals surface area contributed by atoms with Gasteiger partial charge in [0.15, 0.2) is 12.6 Å². The number of aliphatic hydroxyl groups excluding tert-OH is 1. The number of hydrogen-bond donors (Lipinski definition) is 1. The van der Waals surface area contributed by atoms with E-state index in [9.17, 15) is 5.11 Å². The molecule has 1 heterocycles. The zero-order valence-electron chi connectivity index (χ0n) is 13.0. The summed E-state index contributed by atoms with van der Waals surface area (Å²) in [4.78, 5) is 0. The zero-order valence-corrected chi connectivity index (χ0v) is 13.0. The third-order valence-electron chi connectivity index (χ3n) is 3.84. The lowest BCUT2D eigenvalue weighted by atomic mass is 10.1. The molecule has 0 amide bonds. The molecule has 0 spiro atoms. The van der Waals surface area contributed by atoms with Crippen LogP contribution in [0.15, 0.2) is 60.7 Å². The maximum absolute atomic E-state index is 9.86. The first-order valence-electron chi connectivity index (χ1n) is 7.94. The Morgan fingerprint density at radius 2 is 1.39 bits per heavy atom. The molecular formula is C19H22O4. The molecule has 1 aliphatic heterocycles. The van der Waals surface area contributed by atoms with E-state index in [4.69, 9.17) is 14.2 Å². The number of benzene rings is 2. The van der Waals surface area contributed by atoms with Gasteiger partial charge in [-0.15, -0.1) is 0 Å². The van der Waals surface area contributed by atoms with Crippen LogP contribution in [0.3, 0.4) is 0 Å². The first-order valence-corrected chi connectivity index (χ1v) is 7.94. The van der Waals surface area contributed by atoms with Crippen LogP contribution in [0.4, 0.5) is 0 Å². The van der Waals surface area contributed by atoms with Crippen molar-refractivity contribution in [1.82, 2.24) is 0 Å². The minimum Gasteiger partial charge on any atom is -0.373 e. The van der Waals surface area contributed by atoms with Crippen LogP contribution in [-0.4, -0.2) is 23.8 Å². The van der Waals surface area contributed by atoms with Gasteiger partial charge in [0.05, 0.1) is 19.3 Å². The van der Waals surface area contributed by atoms with Crippen LogP contribution in [-0.2, 0) is 27.4 Å². The topological polar surface area (TPSA) is 47.9 Å². The summed E-state index contributed by atoms with van der Waals surface area (Å²) in [5.74, 6) is 0. The fourth-order valence-electron chi connectivity index (χ4n) is 2.62. The minimum absolute atomic E-state index is 0.0697. The lowest BCUT2D eigenvalue weighted by Crippen LogP contribution is -2.38. The highest BCUT2D eigenvalue weighted by Gasteiger charge is 2.29. The summed E-state index contributed by atoms with van der Waals surface area (Å²) >= 11 is 0. The van der Waals surface area contributed by atoms with E-state index in [-0.39, 0.29) is 6.10 Å². The molecule has 1 N–H and O–H groups in total. The normalized spacial score (nSPS) is 24.5. The highest BCUT2D eigenvalue weighted by atomic mass is 16.7. The fraction of sp³-hybridized carbons (Fsp3) is 0.368. The van der Waals surface area contributed by atoms with Crippen molar-refractivity contribution in [2.45, 2.75) is 44.7 Å². The number of hydrogen-bond acceptors (Lipinski definition) is 4. The second-order valence-electron chi connectivity index (χ2n) is 5.71. The van der Waals surface area contributed by atoms with Gasteiger partial charge < -0.3 is 19.3 Å². The van der Waals surface area contributed by atoms with Crippen LogP contribution >= 0.6 is 0 Å². The van der Waals surface area contributed by atoms with E-state index in [0.29, 0.717) is 26.1 Å². The van der Waals surface area contributed by atoms with Gasteiger partial charge in [0.2, 0.25) is 0 Å². The molecule has 4 nitrogen and oxygen atoms in total. The molecule has 1 aliphatic rings. The van der Waals surface area contributed by atoms with Crippen molar-refractivity contribution in [2.24, 2.45) is 0 Å². The molecule has 0 aliphatic carbocycles. The molecule has 0 radical (unpaired) electrons. The van der Waals surface area contributed by atoms with Crippen molar-refractivity contribution >= 4 is 0 Å². The Morgan fingerprint density at radius 1 is 0.826 bits per heavy atom. The molecule has 0 saturated carbocycles. The molecule has 2 unspecified atom stereocenters. The van der Waals surface area contributed by atoms with Gasteiger partial charge in [-0.25, -0.2) is 0 Å². The Bertz CT molecular complexity index is 521. The largest absolute Gasteiger partial charge is 0.373 e. The number of ether oxygens (including phenoxy) is 3. The van der Waals surface area contributed by atoms with Crippen LogP contribution in [0.1, 0.15) is 24.0 Å². The Morgan fingerprint density at radius 3 is 2.00 bits per heavy atom. The van der Waals surface area contributed by atoms with Crippen LogP contribution in [0, 0.1) is 0 Å². The molecule has 4 heteroatoms. The Balaban J connectivity index is 1.48. The molecule has 122 valence electrons. The lowest BCUT2D eigenvalue weighted by Gasteiger charge is -2.32. The standard InChI is InChI=1S/C19H22O4/c20-18-11-17(21-13-15-7-3-1-4-8-15)12-19(23-18)22-14-16-9-5-2-6-10-16/h1-10,17-20H,11-14H2/t17?,18?,19-/m0/s1. The average Bonchev–Trinajstić information content (AvgIpc) is 2.60. The summed E-state index contributed by atoms with van der Waals surface area (Å²) in [6.07, 6.45) is -0.265. The molecule has 2 aromatic rings. The van der Waals surface area contributed by atoms with Gasteiger partial charge in [-0.2, -0.15) is 0 Å². The maximum Gasteiger partial charge on any atom is 0.163 e. The van der Waals surface area contributed by atoms with Gasteiger partial charge in [0, 0.05) is 12.8 Å². The third-order valence-corrected chi connectivity index (χ3v) is 3.84. The summed E-state index contributed by atoms with van der Waals surface area (Å²) < 4.78 is 17.1. The van der Waals surface area contributed by atoms with Gasteiger partial charge in [0.1, 0.15) is 0 Å². The van der Waals surface area contributed by atoms with Crippen molar-refractivity contribution in [1.29, 1.82) is 0 Å². The smallest absolute Gasteiger partial charge is 0.163 e. The van der Waals surface area contributed by atoms with Crippen LogP contribution in [0.25, 0.3) is 0 Å². The van der Waals surface area contributed by atoms with Crippen molar-refractivity contribution in [2.75, 3.05) is 0 Å². The average molecular weight is 314 g/mol. The van der Waals surface area contributed by atoms with Gasteiger partial charge >= 0.3 is 0 Å². The Hall–Kier alpha value is -1.72. The molecule has 1 saturated heterocycles. The Labute approximate surface area is 136 Å². The number of aliphatic hydroxyl groups is 1. The molecule has 0 aromatic heterocycles. The quantitative estimate of drug-likeness (QED) is 0.889. The third kappa shape index (κ3) is 5.15. The van der Waals surface area contributed by atoms with E-state index in [1.165, 1.54) is 0 Å². The van der Waals surface area contributed by atoms with E-state index >= 15 is 0 Å². The van der Waals surface area contributed by atoms with E-state index in [0.717, 1.165) is 11.1 Å². The van der Waals surface area contributed by atoms with Crippen LogP contribution < -0.4 is 0 Å². The van der Waals surface area contributed by atoms with Crippen LogP contribution in [0.5, 0.6) is 0 Å². The van der Waals surface area contributed by atoms with E-state index in [1.54, 1.807) is 0 Å². The van der Waals surface area contributed by atoms with Crippen molar-refractivity contribution < 1.29 is 19.3 Å². The highest BCUT2D eigenvalue weighted by Crippen LogP contribution is 2.23. The van der Waals surface area contributed by atoms with Gasteiger partial charge in [-0.3, -0.25) is 0 Å². The molecule has 3 rings (SSSR count). The first kappa shape index (κ1) is 16.1. The SMILES string of the molecule is OC1CC(OCc2ccccc2)C[C@@H](OCc2ccccc2)O1. The van der Waals surface area contributed by atoms with E-state index in [2.05, 4.69) is 0 Å². The lowest BCUT2D eigenvalue weighted by molar-refractivity contribution is -0.277.